The van der Waals surface area contributed by atoms with Crippen molar-refractivity contribution in [1.82, 2.24) is 15.1 Å². The zero-order valence-electron chi connectivity index (χ0n) is 10.2. The number of halogens is 1. The van der Waals surface area contributed by atoms with Crippen molar-refractivity contribution in [3.63, 3.8) is 0 Å². The predicted molar refractivity (Wildman–Crippen MR) is 64.4 cm³/mol. The van der Waals surface area contributed by atoms with Crippen LogP contribution >= 0.6 is 11.6 Å². The summed E-state index contributed by atoms with van der Waals surface area (Å²) in [6.07, 6.45) is 0.951. The van der Waals surface area contributed by atoms with E-state index in [1.165, 1.54) is 5.56 Å². The van der Waals surface area contributed by atoms with Crippen LogP contribution in [0, 0.1) is 12.3 Å². The van der Waals surface area contributed by atoms with Crippen LogP contribution in [0.25, 0.3) is 0 Å². The van der Waals surface area contributed by atoms with Crippen LogP contribution in [0.2, 0.25) is 5.15 Å². The summed E-state index contributed by atoms with van der Waals surface area (Å²) in [7, 11) is 3.85. The summed E-state index contributed by atoms with van der Waals surface area (Å²) in [5, 5.41) is 8.28. The molecule has 1 aromatic rings. The molecule has 0 aromatic carbocycles. The molecule has 0 atom stereocenters. The van der Waals surface area contributed by atoms with Crippen molar-refractivity contribution < 1.29 is 0 Å². The van der Waals surface area contributed by atoms with Gasteiger partial charge in [0.1, 0.15) is 5.15 Å². The molecular formula is C11H20ClN3. The molecule has 0 aliphatic rings. The van der Waals surface area contributed by atoms with Gasteiger partial charge in [0, 0.05) is 19.2 Å². The highest BCUT2D eigenvalue weighted by atomic mass is 35.5. The first-order valence-electron chi connectivity index (χ1n) is 5.20. The molecule has 0 unspecified atom stereocenters. The van der Waals surface area contributed by atoms with E-state index < -0.39 is 0 Å². The number of nitrogens with one attached hydrogen (secondary N) is 1. The average Bonchev–Trinajstić information content (AvgIpc) is 2.32. The molecule has 1 aromatic heterocycles. The van der Waals surface area contributed by atoms with Crippen LogP contribution in [0.3, 0.4) is 0 Å². The summed E-state index contributed by atoms with van der Waals surface area (Å²) in [4.78, 5) is 0. The molecule has 0 bridgehead atoms. The maximum absolute atomic E-state index is 6.20. The molecule has 0 radical (unpaired) electrons. The predicted octanol–water partition coefficient (Wildman–Crippen LogP) is 2.17. The van der Waals surface area contributed by atoms with Crippen LogP contribution in [0.15, 0.2) is 0 Å². The van der Waals surface area contributed by atoms with E-state index in [4.69, 9.17) is 11.6 Å². The first-order valence-corrected chi connectivity index (χ1v) is 5.58. The Bertz CT molecular complexity index is 342. The highest BCUT2D eigenvalue weighted by molar-refractivity contribution is 6.30. The molecule has 1 N–H and O–H groups in total. The normalized spacial score (nSPS) is 12.1. The van der Waals surface area contributed by atoms with Gasteiger partial charge in [-0.3, -0.25) is 4.68 Å². The molecular weight excluding hydrogens is 210 g/mol. The van der Waals surface area contributed by atoms with Gasteiger partial charge >= 0.3 is 0 Å². The number of hydrogen-bond donors (Lipinski definition) is 1. The highest BCUT2D eigenvalue weighted by Crippen LogP contribution is 2.27. The van der Waals surface area contributed by atoms with Gasteiger partial charge in [-0.2, -0.15) is 5.10 Å². The van der Waals surface area contributed by atoms with E-state index in [9.17, 15) is 0 Å². The van der Waals surface area contributed by atoms with Crippen LogP contribution in [-0.2, 0) is 13.5 Å². The molecule has 1 rings (SSSR count). The summed E-state index contributed by atoms with van der Waals surface area (Å²) >= 11 is 6.20. The Kier molecular flexibility index (Phi) is 3.79. The lowest BCUT2D eigenvalue weighted by atomic mass is 9.86. The summed E-state index contributed by atoms with van der Waals surface area (Å²) in [5.41, 5.74) is 2.40. The molecule has 0 aliphatic carbocycles. The molecule has 0 amide bonds. The van der Waals surface area contributed by atoms with Crippen LogP contribution in [-0.4, -0.2) is 23.4 Å². The van der Waals surface area contributed by atoms with Crippen LogP contribution in [0.4, 0.5) is 0 Å². The van der Waals surface area contributed by atoms with Crippen LogP contribution < -0.4 is 5.32 Å². The molecule has 86 valence electrons. The van der Waals surface area contributed by atoms with Crippen molar-refractivity contribution in [3.05, 3.63) is 16.4 Å². The third-order valence-electron chi connectivity index (χ3n) is 2.58. The molecule has 15 heavy (non-hydrogen) atoms. The van der Waals surface area contributed by atoms with E-state index in [1.54, 1.807) is 4.68 Å². The van der Waals surface area contributed by atoms with Crippen molar-refractivity contribution in [1.29, 1.82) is 0 Å². The topological polar surface area (TPSA) is 29.9 Å². The Morgan fingerprint density at radius 1 is 1.47 bits per heavy atom. The summed E-state index contributed by atoms with van der Waals surface area (Å²) in [6.45, 7) is 7.44. The SMILES string of the molecule is CNCC(C)(C)Cc1c(C)nn(C)c1Cl. The van der Waals surface area contributed by atoms with Gasteiger partial charge in [-0.15, -0.1) is 0 Å². The highest BCUT2D eigenvalue weighted by Gasteiger charge is 2.22. The minimum absolute atomic E-state index is 0.201. The first-order chi connectivity index (χ1) is 6.87. The van der Waals surface area contributed by atoms with Gasteiger partial charge in [0.05, 0.1) is 5.69 Å². The second-order valence-corrected chi connectivity index (χ2v) is 5.21. The number of aromatic nitrogens is 2. The number of hydrogen-bond acceptors (Lipinski definition) is 2. The van der Waals surface area contributed by atoms with Crippen molar-refractivity contribution in [2.24, 2.45) is 12.5 Å². The summed E-state index contributed by atoms with van der Waals surface area (Å²) in [5.74, 6) is 0. The Morgan fingerprint density at radius 3 is 2.47 bits per heavy atom. The van der Waals surface area contributed by atoms with Gasteiger partial charge in [0.25, 0.3) is 0 Å². The maximum atomic E-state index is 6.20. The molecule has 0 saturated carbocycles. The van der Waals surface area contributed by atoms with Crippen LogP contribution in [0.5, 0.6) is 0 Å². The van der Waals surface area contributed by atoms with Crippen molar-refractivity contribution in [2.75, 3.05) is 13.6 Å². The van der Waals surface area contributed by atoms with Crippen LogP contribution in [0.1, 0.15) is 25.1 Å². The molecule has 0 fully saturated rings. The third-order valence-corrected chi connectivity index (χ3v) is 3.05. The lowest BCUT2D eigenvalue weighted by Crippen LogP contribution is -2.28. The Hall–Kier alpha value is -0.540. The van der Waals surface area contributed by atoms with Crippen molar-refractivity contribution in [3.8, 4) is 0 Å². The van der Waals surface area contributed by atoms with Gasteiger partial charge in [-0.25, -0.2) is 0 Å². The van der Waals surface area contributed by atoms with E-state index in [-0.39, 0.29) is 5.41 Å². The third kappa shape index (κ3) is 2.95. The van der Waals surface area contributed by atoms with Gasteiger partial charge in [0.15, 0.2) is 0 Å². The smallest absolute Gasteiger partial charge is 0.130 e. The Balaban J connectivity index is 2.89. The lowest BCUT2D eigenvalue weighted by Gasteiger charge is -2.24. The van der Waals surface area contributed by atoms with E-state index >= 15 is 0 Å². The molecule has 4 heteroatoms. The average molecular weight is 230 g/mol. The zero-order chi connectivity index (χ0) is 11.6. The summed E-state index contributed by atoms with van der Waals surface area (Å²) < 4.78 is 1.74. The maximum Gasteiger partial charge on any atom is 0.130 e. The lowest BCUT2D eigenvalue weighted by molar-refractivity contribution is 0.349. The zero-order valence-corrected chi connectivity index (χ0v) is 10.9. The summed E-state index contributed by atoms with van der Waals surface area (Å²) in [6, 6.07) is 0. The fourth-order valence-corrected chi connectivity index (χ4v) is 2.14. The Labute approximate surface area is 96.8 Å². The quantitative estimate of drug-likeness (QED) is 0.858. The second-order valence-electron chi connectivity index (χ2n) is 4.85. The van der Waals surface area contributed by atoms with Crippen molar-refractivity contribution >= 4 is 11.6 Å². The molecule has 0 spiro atoms. The largest absolute Gasteiger partial charge is 0.319 e. The molecule has 3 nitrogen and oxygen atoms in total. The van der Waals surface area contributed by atoms with E-state index in [0.717, 1.165) is 23.8 Å². The monoisotopic (exact) mass is 229 g/mol. The fraction of sp³-hybridized carbons (Fsp3) is 0.727. The van der Waals surface area contributed by atoms with Gasteiger partial charge in [-0.05, 0) is 25.8 Å². The van der Waals surface area contributed by atoms with E-state index in [1.807, 2.05) is 21.0 Å². The fourth-order valence-electron chi connectivity index (χ4n) is 1.89. The van der Waals surface area contributed by atoms with Crippen molar-refractivity contribution in [2.45, 2.75) is 27.2 Å². The molecule has 0 saturated heterocycles. The number of aryl methyl sites for hydroxylation is 2. The number of nitrogens with zero attached hydrogens (tertiary/aromatic N) is 2. The minimum Gasteiger partial charge on any atom is -0.319 e. The van der Waals surface area contributed by atoms with Gasteiger partial charge in [-0.1, -0.05) is 25.4 Å². The van der Waals surface area contributed by atoms with Gasteiger partial charge in [0.2, 0.25) is 0 Å². The molecule has 0 aliphatic heterocycles. The first kappa shape index (κ1) is 12.5. The standard InChI is InChI=1S/C11H20ClN3/c1-8-9(10(12)15(5)14-8)6-11(2,3)7-13-4/h13H,6-7H2,1-5H3. The van der Waals surface area contributed by atoms with Gasteiger partial charge < -0.3 is 5.32 Å². The molecule has 1 heterocycles. The Morgan fingerprint density at radius 2 is 2.07 bits per heavy atom. The van der Waals surface area contributed by atoms with E-state index in [2.05, 4.69) is 24.3 Å². The minimum atomic E-state index is 0.201. The van der Waals surface area contributed by atoms with E-state index in [0.29, 0.717) is 0 Å². The second kappa shape index (κ2) is 4.54. The number of rotatable bonds is 4.